The SMILES string of the molecule is CC1COC(CO)CN1c1ncccc1C(=O)O. The van der Waals surface area contributed by atoms with Gasteiger partial charge < -0.3 is 19.8 Å². The second-order valence-electron chi connectivity index (χ2n) is 4.32. The minimum atomic E-state index is -1.00. The molecule has 2 atom stereocenters. The van der Waals surface area contributed by atoms with Crippen molar-refractivity contribution in [2.24, 2.45) is 0 Å². The maximum Gasteiger partial charge on any atom is 0.339 e. The first-order chi connectivity index (χ1) is 8.63. The maximum atomic E-state index is 11.2. The fraction of sp³-hybridized carbons (Fsp3) is 0.500. The predicted octanol–water partition coefficient (Wildman–Crippen LogP) is 0.366. The Bertz CT molecular complexity index is 438. The van der Waals surface area contributed by atoms with Crippen molar-refractivity contribution in [2.45, 2.75) is 19.1 Å². The molecule has 98 valence electrons. The summed E-state index contributed by atoms with van der Waals surface area (Å²) in [4.78, 5) is 17.2. The van der Waals surface area contributed by atoms with Gasteiger partial charge in [0.05, 0.1) is 25.4 Å². The minimum Gasteiger partial charge on any atom is -0.478 e. The van der Waals surface area contributed by atoms with Gasteiger partial charge in [0.1, 0.15) is 11.4 Å². The molecule has 0 spiro atoms. The van der Waals surface area contributed by atoms with Crippen molar-refractivity contribution in [3.8, 4) is 0 Å². The Morgan fingerprint density at radius 3 is 3.11 bits per heavy atom. The lowest BCUT2D eigenvalue weighted by Gasteiger charge is -2.38. The normalized spacial score (nSPS) is 24.0. The summed E-state index contributed by atoms with van der Waals surface area (Å²) in [5, 5.41) is 18.3. The van der Waals surface area contributed by atoms with Crippen molar-refractivity contribution in [3.63, 3.8) is 0 Å². The molecule has 6 heteroatoms. The molecule has 0 saturated carbocycles. The standard InChI is InChI=1S/C12H16N2O4/c1-8-7-18-9(6-15)5-14(8)11-10(12(16)17)3-2-4-13-11/h2-4,8-9,15H,5-7H2,1H3,(H,16,17). The second kappa shape index (κ2) is 5.32. The zero-order valence-corrected chi connectivity index (χ0v) is 10.1. The topological polar surface area (TPSA) is 82.9 Å². The van der Waals surface area contributed by atoms with Crippen LogP contribution in [0.1, 0.15) is 17.3 Å². The number of hydrogen-bond acceptors (Lipinski definition) is 5. The fourth-order valence-electron chi connectivity index (χ4n) is 2.02. The summed E-state index contributed by atoms with van der Waals surface area (Å²) in [6.45, 7) is 2.74. The van der Waals surface area contributed by atoms with Gasteiger partial charge >= 0.3 is 5.97 Å². The van der Waals surface area contributed by atoms with Crippen LogP contribution in [-0.2, 0) is 4.74 Å². The van der Waals surface area contributed by atoms with Crippen LogP contribution in [0.3, 0.4) is 0 Å². The van der Waals surface area contributed by atoms with Crippen molar-refractivity contribution in [2.75, 3.05) is 24.7 Å². The lowest BCUT2D eigenvalue weighted by atomic mass is 10.1. The molecule has 0 aromatic carbocycles. The number of morpholine rings is 1. The van der Waals surface area contributed by atoms with Crippen molar-refractivity contribution in [3.05, 3.63) is 23.9 Å². The third-order valence-electron chi connectivity index (χ3n) is 3.00. The molecule has 1 aliphatic heterocycles. The van der Waals surface area contributed by atoms with Crippen LogP contribution in [0.25, 0.3) is 0 Å². The van der Waals surface area contributed by atoms with E-state index in [2.05, 4.69) is 4.98 Å². The van der Waals surface area contributed by atoms with Crippen molar-refractivity contribution >= 4 is 11.8 Å². The van der Waals surface area contributed by atoms with E-state index in [1.807, 2.05) is 11.8 Å². The monoisotopic (exact) mass is 252 g/mol. The molecule has 1 aromatic heterocycles. The highest BCUT2D eigenvalue weighted by Crippen LogP contribution is 2.23. The van der Waals surface area contributed by atoms with Crippen molar-refractivity contribution in [1.82, 2.24) is 4.98 Å². The smallest absolute Gasteiger partial charge is 0.339 e. The highest BCUT2D eigenvalue weighted by molar-refractivity contribution is 5.93. The van der Waals surface area contributed by atoms with Gasteiger partial charge in [0.25, 0.3) is 0 Å². The van der Waals surface area contributed by atoms with E-state index in [1.165, 1.54) is 6.07 Å². The molecule has 0 aliphatic carbocycles. The number of aromatic nitrogens is 1. The number of aromatic carboxylic acids is 1. The molecule has 0 amide bonds. The highest BCUT2D eigenvalue weighted by atomic mass is 16.5. The third kappa shape index (κ3) is 2.44. The molecule has 1 aromatic rings. The van der Waals surface area contributed by atoms with E-state index >= 15 is 0 Å². The number of hydrogen-bond donors (Lipinski definition) is 2. The number of ether oxygens (including phenoxy) is 1. The average molecular weight is 252 g/mol. The molecule has 0 radical (unpaired) electrons. The summed E-state index contributed by atoms with van der Waals surface area (Å²) in [5.41, 5.74) is 0.169. The summed E-state index contributed by atoms with van der Waals surface area (Å²) in [7, 11) is 0. The van der Waals surface area contributed by atoms with E-state index in [0.717, 1.165) is 0 Å². The van der Waals surface area contributed by atoms with Gasteiger partial charge in [-0.05, 0) is 19.1 Å². The van der Waals surface area contributed by atoms with Crippen LogP contribution in [0, 0.1) is 0 Å². The fourth-order valence-corrected chi connectivity index (χ4v) is 2.02. The van der Waals surface area contributed by atoms with Crippen LogP contribution in [0.2, 0.25) is 0 Å². The van der Waals surface area contributed by atoms with Gasteiger partial charge in [-0.2, -0.15) is 0 Å². The van der Waals surface area contributed by atoms with Gasteiger partial charge in [-0.15, -0.1) is 0 Å². The van der Waals surface area contributed by atoms with Crippen LogP contribution >= 0.6 is 0 Å². The van der Waals surface area contributed by atoms with Gasteiger partial charge in [0.2, 0.25) is 0 Å². The van der Waals surface area contributed by atoms with E-state index < -0.39 is 5.97 Å². The zero-order chi connectivity index (χ0) is 13.1. The summed E-state index contributed by atoms with van der Waals surface area (Å²) >= 11 is 0. The number of aliphatic hydroxyl groups excluding tert-OH is 1. The Hall–Kier alpha value is -1.66. The number of pyridine rings is 1. The van der Waals surface area contributed by atoms with E-state index in [9.17, 15) is 4.79 Å². The predicted molar refractivity (Wildman–Crippen MR) is 64.8 cm³/mol. The Labute approximate surface area is 105 Å². The van der Waals surface area contributed by atoms with Crippen LogP contribution in [0.5, 0.6) is 0 Å². The molecular weight excluding hydrogens is 236 g/mol. The Morgan fingerprint density at radius 1 is 1.67 bits per heavy atom. The van der Waals surface area contributed by atoms with Gasteiger partial charge in [-0.25, -0.2) is 9.78 Å². The largest absolute Gasteiger partial charge is 0.478 e. The van der Waals surface area contributed by atoms with Crippen molar-refractivity contribution in [1.29, 1.82) is 0 Å². The lowest BCUT2D eigenvalue weighted by molar-refractivity contribution is -0.0106. The van der Waals surface area contributed by atoms with Crippen LogP contribution in [-0.4, -0.2) is 53.1 Å². The molecule has 1 aliphatic rings. The Kier molecular flexibility index (Phi) is 3.78. The number of carboxylic acid groups (broad SMARTS) is 1. The molecule has 18 heavy (non-hydrogen) atoms. The van der Waals surface area contributed by atoms with E-state index in [-0.39, 0.29) is 24.3 Å². The summed E-state index contributed by atoms with van der Waals surface area (Å²) < 4.78 is 5.42. The van der Waals surface area contributed by atoms with Gasteiger partial charge in [-0.1, -0.05) is 0 Å². The highest BCUT2D eigenvalue weighted by Gasteiger charge is 2.29. The van der Waals surface area contributed by atoms with Gasteiger partial charge in [0.15, 0.2) is 0 Å². The van der Waals surface area contributed by atoms with Crippen LogP contribution < -0.4 is 4.90 Å². The van der Waals surface area contributed by atoms with Crippen LogP contribution in [0.15, 0.2) is 18.3 Å². The Balaban J connectivity index is 2.31. The first-order valence-electron chi connectivity index (χ1n) is 5.81. The number of aliphatic hydroxyl groups is 1. The molecule has 2 rings (SSSR count). The van der Waals surface area contributed by atoms with Crippen LogP contribution in [0.4, 0.5) is 5.82 Å². The number of nitrogens with zero attached hydrogens (tertiary/aromatic N) is 2. The quantitative estimate of drug-likeness (QED) is 0.808. The second-order valence-corrected chi connectivity index (χ2v) is 4.32. The van der Waals surface area contributed by atoms with Crippen molar-refractivity contribution < 1.29 is 19.7 Å². The third-order valence-corrected chi connectivity index (χ3v) is 3.00. The van der Waals surface area contributed by atoms with Gasteiger partial charge in [-0.3, -0.25) is 0 Å². The zero-order valence-electron chi connectivity index (χ0n) is 10.1. The summed E-state index contributed by atoms with van der Waals surface area (Å²) in [6, 6.07) is 3.16. The molecule has 1 saturated heterocycles. The lowest BCUT2D eigenvalue weighted by Crippen LogP contribution is -2.50. The molecule has 0 bridgehead atoms. The first-order valence-corrected chi connectivity index (χ1v) is 5.81. The molecule has 1 fully saturated rings. The van der Waals surface area contributed by atoms with E-state index in [1.54, 1.807) is 12.3 Å². The summed E-state index contributed by atoms with van der Waals surface area (Å²) in [6.07, 6.45) is 1.27. The van der Waals surface area contributed by atoms with Gasteiger partial charge in [0, 0.05) is 12.7 Å². The average Bonchev–Trinajstić information content (AvgIpc) is 2.39. The van der Waals surface area contributed by atoms with E-state index in [4.69, 9.17) is 14.9 Å². The maximum absolute atomic E-state index is 11.2. The molecular formula is C12H16N2O4. The number of anilines is 1. The van der Waals surface area contributed by atoms with E-state index in [0.29, 0.717) is 19.0 Å². The number of carboxylic acids is 1. The molecule has 2 heterocycles. The minimum absolute atomic E-state index is 0.0285. The molecule has 6 nitrogen and oxygen atoms in total. The first kappa shape index (κ1) is 12.8. The molecule has 2 N–H and O–H groups in total. The number of carbonyl (C=O) groups is 1. The Morgan fingerprint density at radius 2 is 2.44 bits per heavy atom. The summed E-state index contributed by atoms with van der Waals surface area (Å²) in [5.74, 6) is -0.573. The number of rotatable bonds is 3. The molecule has 2 unspecified atom stereocenters.